The van der Waals surface area contributed by atoms with Gasteiger partial charge in [0.05, 0.1) is 18.9 Å². The Bertz CT molecular complexity index is 624. The molecule has 0 amide bonds. The van der Waals surface area contributed by atoms with Crippen LogP contribution in [0.1, 0.15) is 24.8 Å². The zero-order valence-electron chi connectivity index (χ0n) is 13.9. The van der Waals surface area contributed by atoms with Crippen LogP contribution < -0.4 is 4.74 Å². The van der Waals surface area contributed by atoms with Crippen LogP contribution in [-0.4, -0.2) is 42.3 Å². The van der Waals surface area contributed by atoms with E-state index in [1.807, 2.05) is 12.1 Å². The van der Waals surface area contributed by atoms with E-state index in [0.717, 1.165) is 25.3 Å². The van der Waals surface area contributed by atoms with Crippen LogP contribution in [0.3, 0.4) is 0 Å². The van der Waals surface area contributed by atoms with Gasteiger partial charge in [0.1, 0.15) is 12.4 Å². The molecule has 0 aliphatic carbocycles. The van der Waals surface area contributed by atoms with E-state index in [-0.39, 0.29) is 6.10 Å². The average molecular weight is 344 g/mol. The fourth-order valence-corrected chi connectivity index (χ4v) is 4.46. The van der Waals surface area contributed by atoms with Gasteiger partial charge < -0.3 is 9.47 Å². The minimum absolute atomic E-state index is 0.216. The first kappa shape index (κ1) is 16.1. The Morgan fingerprint density at radius 1 is 1.33 bits per heavy atom. The highest BCUT2D eigenvalue weighted by Gasteiger charge is 2.42. The Morgan fingerprint density at radius 3 is 3.00 bits per heavy atom. The smallest absolute Gasteiger partial charge is 0.137 e. The number of likely N-dealkylation sites (tertiary alicyclic amines) is 1. The first-order valence-corrected chi connectivity index (χ1v) is 9.64. The highest BCUT2D eigenvalue weighted by molar-refractivity contribution is 7.07. The van der Waals surface area contributed by atoms with E-state index >= 15 is 0 Å². The first-order valence-electron chi connectivity index (χ1n) is 8.69. The maximum atomic E-state index is 6.05. The zero-order valence-corrected chi connectivity index (χ0v) is 14.7. The summed E-state index contributed by atoms with van der Waals surface area (Å²) in [5.74, 6) is 0.827. The standard InChI is InChI=1S/C19H24N2O2S/c1-2-17(11-20-6-1)22-13-18-10-19(15-23-18)4-7-21(8-5-19)12-16-3-9-24-14-16/h1-3,6,9,11,14,18H,4-5,7-8,10,12-13,15H2/t18-/m1/s1. The van der Waals surface area contributed by atoms with Gasteiger partial charge in [-0.25, -0.2) is 0 Å². The number of ether oxygens (including phenoxy) is 2. The highest BCUT2D eigenvalue weighted by Crippen LogP contribution is 2.42. The third kappa shape index (κ3) is 3.79. The van der Waals surface area contributed by atoms with Crippen molar-refractivity contribution in [2.24, 2.45) is 5.41 Å². The summed E-state index contributed by atoms with van der Waals surface area (Å²) < 4.78 is 11.9. The van der Waals surface area contributed by atoms with Crippen LogP contribution in [0.25, 0.3) is 0 Å². The third-order valence-electron chi connectivity index (χ3n) is 5.26. The molecule has 4 nitrogen and oxygen atoms in total. The van der Waals surface area contributed by atoms with E-state index in [4.69, 9.17) is 9.47 Å². The molecule has 1 spiro atoms. The Morgan fingerprint density at radius 2 is 2.25 bits per heavy atom. The monoisotopic (exact) mass is 344 g/mol. The predicted octanol–water partition coefficient (Wildman–Crippen LogP) is 3.59. The lowest BCUT2D eigenvalue weighted by atomic mass is 9.76. The predicted molar refractivity (Wildman–Crippen MR) is 95.4 cm³/mol. The molecule has 4 rings (SSSR count). The molecule has 0 N–H and O–H groups in total. The molecular formula is C19H24N2O2S. The molecule has 0 aromatic carbocycles. The lowest BCUT2D eigenvalue weighted by Gasteiger charge is -2.38. The van der Waals surface area contributed by atoms with E-state index in [1.165, 1.54) is 31.5 Å². The second kappa shape index (κ2) is 7.21. The number of piperidine rings is 1. The maximum Gasteiger partial charge on any atom is 0.137 e. The molecule has 2 aromatic rings. The average Bonchev–Trinajstić information content (AvgIpc) is 3.27. The Hall–Kier alpha value is -1.43. The van der Waals surface area contributed by atoms with Gasteiger partial charge in [0, 0.05) is 12.7 Å². The van der Waals surface area contributed by atoms with Gasteiger partial charge in [-0.05, 0) is 72.3 Å². The maximum absolute atomic E-state index is 6.05. The van der Waals surface area contributed by atoms with Crippen LogP contribution in [0.2, 0.25) is 0 Å². The summed E-state index contributed by atoms with van der Waals surface area (Å²) in [6.07, 6.45) is 7.33. The van der Waals surface area contributed by atoms with E-state index in [9.17, 15) is 0 Å². The number of pyridine rings is 1. The first-order chi connectivity index (χ1) is 11.8. The number of rotatable bonds is 5. The molecule has 2 aliphatic heterocycles. The Labute approximate surface area is 147 Å². The molecule has 0 bridgehead atoms. The van der Waals surface area contributed by atoms with Crippen molar-refractivity contribution in [1.82, 2.24) is 9.88 Å². The Balaban J connectivity index is 1.24. The highest BCUT2D eigenvalue weighted by atomic mass is 32.1. The van der Waals surface area contributed by atoms with Crippen molar-refractivity contribution in [3.8, 4) is 5.75 Å². The quantitative estimate of drug-likeness (QED) is 0.830. The summed E-state index contributed by atoms with van der Waals surface area (Å²) >= 11 is 1.79. The minimum Gasteiger partial charge on any atom is -0.489 e. The molecule has 2 aromatic heterocycles. The summed E-state index contributed by atoms with van der Waals surface area (Å²) in [6.45, 7) is 4.96. The van der Waals surface area contributed by atoms with Crippen molar-refractivity contribution in [3.63, 3.8) is 0 Å². The molecule has 0 radical (unpaired) electrons. The number of hydrogen-bond donors (Lipinski definition) is 0. The van der Waals surface area contributed by atoms with E-state index < -0.39 is 0 Å². The number of aromatic nitrogens is 1. The third-order valence-corrected chi connectivity index (χ3v) is 5.99. The SMILES string of the molecule is c1cncc(OC[C@H]2CC3(CCN(Cc4ccsc4)CC3)CO2)c1. The summed E-state index contributed by atoms with van der Waals surface area (Å²) in [7, 11) is 0. The van der Waals surface area contributed by atoms with Gasteiger partial charge in [-0.15, -0.1) is 0 Å². The van der Waals surface area contributed by atoms with Crippen LogP contribution in [-0.2, 0) is 11.3 Å². The lowest BCUT2D eigenvalue weighted by Crippen LogP contribution is -2.40. The molecule has 2 fully saturated rings. The van der Waals surface area contributed by atoms with Crippen LogP contribution in [0.4, 0.5) is 0 Å². The normalized spacial score (nSPS) is 23.6. The van der Waals surface area contributed by atoms with Gasteiger partial charge in [0.15, 0.2) is 0 Å². The number of hydrogen-bond acceptors (Lipinski definition) is 5. The zero-order chi connectivity index (χ0) is 16.2. The molecule has 0 unspecified atom stereocenters. The Kier molecular flexibility index (Phi) is 4.83. The van der Waals surface area contributed by atoms with Crippen molar-refractivity contribution < 1.29 is 9.47 Å². The molecule has 2 saturated heterocycles. The molecule has 0 saturated carbocycles. The molecule has 2 aliphatic rings. The lowest BCUT2D eigenvalue weighted by molar-refractivity contribution is 0.0470. The van der Waals surface area contributed by atoms with Crippen LogP contribution >= 0.6 is 11.3 Å². The fraction of sp³-hybridized carbons (Fsp3) is 0.526. The van der Waals surface area contributed by atoms with Gasteiger partial charge in [-0.1, -0.05) is 0 Å². The minimum atomic E-state index is 0.216. The van der Waals surface area contributed by atoms with Gasteiger partial charge in [-0.2, -0.15) is 11.3 Å². The van der Waals surface area contributed by atoms with E-state index in [0.29, 0.717) is 12.0 Å². The van der Waals surface area contributed by atoms with Crippen LogP contribution in [0.5, 0.6) is 5.75 Å². The molecule has 5 heteroatoms. The van der Waals surface area contributed by atoms with Crippen LogP contribution in [0, 0.1) is 5.41 Å². The van der Waals surface area contributed by atoms with Crippen molar-refractivity contribution in [1.29, 1.82) is 0 Å². The van der Waals surface area contributed by atoms with Gasteiger partial charge >= 0.3 is 0 Å². The summed E-state index contributed by atoms with van der Waals surface area (Å²) in [4.78, 5) is 6.66. The van der Waals surface area contributed by atoms with Gasteiger partial charge in [0.25, 0.3) is 0 Å². The van der Waals surface area contributed by atoms with E-state index in [2.05, 4.69) is 26.7 Å². The van der Waals surface area contributed by atoms with E-state index in [1.54, 1.807) is 23.7 Å². The molecule has 1 atom stereocenters. The van der Waals surface area contributed by atoms with Crippen molar-refractivity contribution in [2.45, 2.75) is 31.9 Å². The summed E-state index contributed by atoms with van der Waals surface area (Å²) in [5, 5.41) is 4.42. The fourth-order valence-electron chi connectivity index (χ4n) is 3.80. The van der Waals surface area contributed by atoms with Crippen molar-refractivity contribution in [3.05, 3.63) is 46.9 Å². The molecule has 24 heavy (non-hydrogen) atoms. The summed E-state index contributed by atoms with van der Waals surface area (Å²) in [6, 6.07) is 6.08. The molecule has 128 valence electrons. The van der Waals surface area contributed by atoms with Gasteiger partial charge in [0.2, 0.25) is 0 Å². The molecular weight excluding hydrogens is 320 g/mol. The van der Waals surface area contributed by atoms with Crippen LogP contribution in [0.15, 0.2) is 41.4 Å². The van der Waals surface area contributed by atoms with Crippen molar-refractivity contribution >= 4 is 11.3 Å². The number of thiophene rings is 1. The second-order valence-corrected chi connectivity index (χ2v) is 7.82. The van der Waals surface area contributed by atoms with Crippen molar-refractivity contribution in [2.75, 3.05) is 26.3 Å². The molecule has 4 heterocycles. The van der Waals surface area contributed by atoms with Gasteiger partial charge in [-0.3, -0.25) is 9.88 Å². The topological polar surface area (TPSA) is 34.6 Å². The number of nitrogens with zero attached hydrogens (tertiary/aromatic N) is 2. The second-order valence-electron chi connectivity index (χ2n) is 7.04. The largest absolute Gasteiger partial charge is 0.489 e. The summed E-state index contributed by atoms with van der Waals surface area (Å²) in [5.41, 5.74) is 1.81.